The predicted molar refractivity (Wildman–Crippen MR) is 124 cm³/mol. The number of nitrogens with two attached hydrogens (primary N) is 1. The third-order valence-electron chi connectivity index (χ3n) is 4.50. The Hall–Kier alpha value is -3.01. The van der Waals surface area contributed by atoms with Gasteiger partial charge in [-0.05, 0) is 39.8 Å². The molecule has 0 unspecified atom stereocenters. The highest BCUT2D eigenvalue weighted by Gasteiger charge is 2.32. The summed E-state index contributed by atoms with van der Waals surface area (Å²) in [6.07, 6.45) is 2.01. The molecule has 178 valence electrons. The van der Waals surface area contributed by atoms with Gasteiger partial charge in [0.15, 0.2) is 11.5 Å². The Kier molecular flexibility index (Phi) is 8.01. The molecule has 33 heavy (non-hydrogen) atoms. The zero-order valence-electron chi connectivity index (χ0n) is 19.0. The first-order valence-corrected chi connectivity index (χ1v) is 12.3. The van der Waals surface area contributed by atoms with Crippen molar-refractivity contribution in [2.75, 3.05) is 12.1 Å². The molecule has 0 fully saturated rings. The first kappa shape index (κ1) is 24.6. The molecular weight excluding hydrogens is 447 g/mol. The number of nitrogens with zero attached hydrogens (tertiary/aromatic N) is 4. The normalized spacial score (nSPS) is 15.2. The average molecular weight is 476 g/mol. The molecule has 3 aromatic rings. The maximum Gasteiger partial charge on any atom is 0.342 e. The lowest BCUT2D eigenvalue weighted by atomic mass is 10.3. The van der Waals surface area contributed by atoms with Gasteiger partial charge in [-0.15, -0.1) is 0 Å². The van der Waals surface area contributed by atoms with E-state index in [0.29, 0.717) is 29.3 Å². The minimum Gasteiger partial charge on any atom is -0.462 e. The lowest BCUT2D eigenvalue weighted by Gasteiger charge is -2.25. The zero-order valence-corrected chi connectivity index (χ0v) is 19.9. The van der Waals surface area contributed by atoms with Crippen LogP contribution in [0.5, 0.6) is 5.75 Å². The summed E-state index contributed by atoms with van der Waals surface area (Å²) in [4.78, 5) is 24.6. The number of carbonyl (C=O) groups excluding carboxylic acids is 1. The van der Waals surface area contributed by atoms with Crippen LogP contribution in [-0.2, 0) is 25.4 Å². The van der Waals surface area contributed by atoms with Crippen LogP contribution in [0.2, 0.25) is 0 Å². The Labute approximate surface area is 192 Å². The molecule has 0 radical (unpaired) electrons. The lowest BCUT2D eigenvalue weighted by Crippen LogP contribution is -2.37. The van der Waals surface area contributed by atoms with Crippen molar-refractivity contribution in [1.29, 1.82) is 0 Å². The van der Waals surface area contributed by atoms with Gasteiger partial charge in [-0.2, -0.15) is 0 Å². The van der Waals surface area contributed by atoms with Gasteiger partial charge in [0.2, 0.25) is 0 Å². The molecule has 0 aliphatic carbocycles. The van der Waals surface area contributed by atoms with Gasteiger partial charge in [-0.25, -0.2) is 20.0 Å². The third-order valence-corrected chi connectivity index (χ3v) is 6.28. The maximum absolute atomic E-state index is 13.6. The number of carbonyl (C=O) groups is 1. The fraction of sp³-hybridized carbons (Fsp3) is 0.429. The van der Waals surface area contributed by atoms with Crippen LogP contribution < -0.4 is 15.3 Å². The quantitative estimate of drug-likeness (QED) is 0.313. The third kappa shape index (κ3) is 6.74. The molecule has 12 heteroatoms. The monoisotopic (exact) mass is 476 g/mol. The fourth-order valence-corrected chi connectivity index (χ4v) is 4.80. The molecule has 0 saturated heterocycles. The van der Waals surface area contributed by atoms with Crippen LogP contribution in [0.4, 0.5) is 5.82 Å². The number of nitrogens with one attached hydrogen (secondary N) is 1. The molecule has 0 amide bonds. The number of rotatable bonds is 11. The Morgan fingerprint density at radius 1 is 1.15 bits per heavy atom. The molecule has 3 N–H and O–H groups in total. The van der Waals surface area contributed by atoms with Crippen molar-refractivity contribution in [1.82, 2.24) is 24.6 Å². The van der Waals surface area contributed by atoms with Gasteiger partial charge in [0.25, 0.3) is 0 Å². The Balaban J connectivity index is 1.70. The number of benzene rings is 1. The minimum absolute atomic E-state index is 0.272. The summed E-state index contributed by atoms with van der Waals surface area (Å²) in [5.41, 5.74) is 6.91. The molecule has 3 rings (SSSR count). The molecule has 0 saturated carbocycles. The van der Waals surface area contributed by atoms with E-state index < -0.39 is 19.5 Å². The van der Waals surface area contributed by atoms with E-state index in [1.54, 1.807) is 55.9 Å². The molecule has 2 aromatic heterocycles. The van der Waals surface area contributed by atoms with Crippen molar-refractivity contribution < 1.29 is 23.4 Å². The van der Waals surface area contributed by atoms with Crippen molar-refractivity contribution in [3.63, 3.8) is 0 Å². The minimum atomic E-state index is -3.64. The molecule has 0 bridgehead atoms. The molecule has 0 aliphatic rings. The standard InChI is InChI=1S/C21H29N6O5P/c1-14(2)31-21(28)16(4)26-33(29,32-17-8-6-5-7-9-17)13-30-15(3)10-27-12-25-18-19(22)23-11-24-20(18)27/h5-9,11-12,14-16H,10,13H2,1-4H3,(H,26,29)(H2,22,23,24)/t15-,16-,33-/m1/s1. The average Bonchev–Trinajstić information content (AvgIpc) is 3.16. The Bertz CT molecular complexity index is 1120. The zero-order chi connectivity index (χ0) is 24.0. The highest BCUT2D eigenvalue weighted by atomic mass is 31.2. The fourth-order valence-electron chi connectivity index (χ4n) is 3.01. The molecule has 0 spiro atoms. The molecule has 11 nitrogen and oxygen atoms in total. The number of esters is 1. The van der Waals surface area contributed by atoms with Crippen molar-refractivity contribution >= 4 is 30.5 Å². The summed E-state index contributed by atoms with van der Waals surface area (Å²) in [6.45, 7) is 7.25. The van der Waals surface area contributed by atoms with Gasteiger partial charge in [0, 0.05) is 0 Å². The Morgan fingerprint density at radius 2 is 1.88 bits per heavy atom. The number of aromatic nitrogens is 4. The van der Waals surface area contributed by atoms with E-state index in [-0.39, 0.29) is 18.6 Å². The van der Waals surface area contributed by atoms with E-state index >= 15 is 0 Å². The van der Waals surface area contributed by atoms with Crippen LogP contribution in [-0.4, -0.2) is 50.1 Å². The van der Waals surface area contributed by atoms with Crippen molar-refractivity contribution in [2.45, 2.75) is 52.5 Å². The van der Waals surface area contributed by atoms with Crippen LogP contribution in [0.3, 0.4) is 0 Å². The van der Waals surface area contributed by atoms with Gasteiger partial charge in [-0.1, -0.05) is 18.2 Å². The predicted octanol–water partition coefficient (Wildman–Crippen LogP) is 2.97. The van der Waals surface area contributed by atoms with Gasteiger partial charge >= 0.3 is 13.5 Å². The van der Waals surface area contributed by atoms with E-state index in [1.807, 2.05) is 13.0 Å². The second-order valence-corrected chi connectivity index (χ2v) is 9.89. The molecule has 3 atom stereocenters. The summed E-state index contributed by atoms with van der Waals surface area (Å²) in [7, 11) is -3.64. The lowest BCUT2D eigenvalue weighted by molar-refractivity contribution is -0.149. The number of fused-ring (bicyclic) bond motifs is 1. The first-order valence-electron chi connectivity index (χ1n) is 10.5. The summed E-state index contributed by atoms with van der Waals surface area (Å²) >= 11 is 0. The van der Waals surface area contributed by atoms with E-state index in [4.69, 9.17) is 19.7 Å². The van der Waals surface area contributed by atoms with Crippen LogP contribution in [0.25, 0.3) is 11.2 Å². The molecule has 2 heterocycles. The highest BCUT2D eigenvalue weighted by molar-refractivity contribution is 7.57. The first-order chi connectivity index (χ1) is 15.7. The van der Waals surface area contributed by atoms with Crippen LogP contribution in [0.1, 0.15) is 27.7 Å². The van der Waals surface area contributed by atoms with E-state index in [0.717, 1.165) is 0 Å². The topological polar surface area (TPSA) is 143 Å². The van der Waals surface area contributed by atoms with Gasteiger partial charge in [0.05, 0.1) is 25.1 Å². The maximum atomic E-state index is 13.6. The number of nitrogen functional groups attached to an aromatic ring is 1. The summed E-state index contributed by atoms with van der Waals surface area (Å²) in [5, 5.41) is 2.78. The van der Waals surface area contributed by atoms with Crippen molar-refractivity contribution in [2.24, 2.45) is 0 Å². The summed E-state index contributed by atoms with van der Waals surface area (Å²) in [5.74, 6) is 0.151. The largest absolute Gasteiger partial charge is 0.462 e. The van der Waals surface area contributed by atoms with Crippen LogP contribution >= 0.6 is 7.52 Å². The van der Waals surface area contributed by atoms with Crippen molar-refractivity contribution in [3.8, 4) is 5.75 Å². The molecule has 1 aromatic carbocycles. The number of hydrogen-bond donors (Lipinski definition) is 2. The van der Waals surface area contributed by atoms with E-state index in [1.165, 1.54) is 6.33 Å². The Morgan fingerprint density at radius 3 is 2.58 bits per heavy atom. The van der Waals surface area contributed by atoms with Crippen LogP contribution in [0, 0.1) is 0 Å². The van der Waals surface area contributed by atoms with E-state index in [2.05, 4.69) is 20.0 Å². The van der Waals surface area contributed by atoms with Gasteiger partial charge in [-0.3, -0.25) is 9.36 Å². The second kappa shape index (κ2) is 10.7. The number of anilines is 1. The van der Waals surface area contributed by atoms with Crippen molar-refractivity contribution in [3.05, 3.63) is 43.0 Å². The second-order valence-electron chi connectivity index (χ2n) is 7.85. The van der Waals surface area contributed by atoms with Crippen LogP contribution in [0.15, 0.2) is 43.0 Å². The van der Waals surface area contributed by atoms with E-state index in [9.17, 15) is 9.36 Å². The highest BCUT2D eigenvalue weighted by Crippen LogP contribution is 2.44. The number of imidazole rings is 1. The number of ether oxygens (including phenoxy) is 2. The van der Waals surface area contributed by atoms with Gasteiger partial charge < -0.3 is 24.3 Å². The number of para-hydroxylation sites is 1. The molecule has 0 aliphatic heterocycles. The summed E-state index contributed by atoms with van der Waals surface area (Å²) < 4.78 is 32.2. The number of hydrogen-bond acceptors (Lipinski definition) is 9. The van der Waals surface area contributed by atoms with Gasteiger partial charge in [0.1, 0.15) is 30.0 Å². The molecular formula is C21H29N6O5P. The smallest absolute Gasteiger partial charge is 0.342 e. The summed E-state index contributed by atoms with van der Waals surface area (Å²) in [6, 6.07) is 7.83. The SMILES string of the molecule is CC(C)OC(=O)[C@@H](C)N[P@@](=O)(CO[C@H](C)Cn1cnc2c(N)ncnc21)Oc1ccccc1.